The zero-order valence-electron chi connectivity index (χ0n) is 19.5. The molecule has 2 saturated heterocycles. The van der Waals surface area contributed by atoms with Crippen LogP contribution in [-0.2, 0) is 9.53 Å². The van der Waals surface area contributed by atoms with Crippen LogP contribution in [0.2, 0.25) is 0 Å². The van der Waals surface area contributed by atoms with E-state index in [1.54, 1.807) is 4.90 Å². The topological polar surface area (TPSA) is 111 Å². The largest absolute Gasteiger partial charge is 0.493 e. The van der Waals surface area contributed by atoms with Gasteiger partial charge in [0.2, 0.25) is 5.91 Å². The van der Waals surface area contributed by atoms with Crippen molar-refractivity contribution in [1.29, 1.82) is 0 Å². The van der Waals surface area contributed by atoms with Crippen molar-refractivity contribution < 1.29 is 28.7 Å². The maximum Gasteiger partial charge on any atom is 0.410 e. The second-order valence-electron chi connectivity index (χ2n) is 8.35. The van der Waals surface area contributed by atoms with Gasteiger partial charge in [0.1, 0.15) is 6.61 Å². The molecule has 0 saturated carbocycles. The Bertz CT molecular complexity index is 925. The minimum absolute atomic E-state index is 0.0407. The molecule has 2 heterocycles. The number of rotatable bonds is 8. The van der Waals surface area contributed by atoms with Crippen LogP contribution in [-0.4, -0.2) is 72.7 Å². The SMILES string of the molecule is CCC(C)C1COC(=O)N1C1CCN(C(=O)C=Cc2cc(OC)c(OC)cc2[N+](=O)[O-])CC1. The highest BCUT2D eigenvalue weighted by Gasteiger charge is 2.41. The molecule has 2 amide bonds. The van der Waals surface area contributed by atoms with E-state index in [0.29, 0.717) is 44.2 Å². The second-order valence-corrected chi connectivity index (χ2v) is 8.35. The summed E-state index contributed by atoms with van der Waals surface area (Å²) in [6.07, 6.45) is 4.77. The minimum atomic E-state index is -0.527. The van der Waals surface area contributed by atoms with Crippen LogP contribution in [0.25, 0.3) is 6.08 Å². The van der Waals surface area contributed by atoms with Gasteiger partial charge >= 0.3 is 6.09 Å². The number of methoxy groups -OCH3 is 2. The number of benzene rings is 1. The fourth-order valence-electron chi connectivity index (χ4n) is 4.38. The highest BCUT2D eigenvalue weighted by molar-refractivity contribution is 5.92. The molecule has 1 aromatic carbocycles. The summed E-state index contributed by atoms with van der Waals surface area (Å²) in [6, 6.07) is 2.86. The number of nitrogens with zero attached hydrogens (tertiary/aromatic N) is 3. The van der Waals surface area contributed by atoms with Gasteiger partial charge in [-0.1, -0.05) is 20.3 Å². The minimum Gasteiger partial charge on any atom is -0.493 e. The van der Waals surface area contributed by atoms with Crippen molar-refractivity contribution in [2.75, 3.05) is 33.9 Å². The van der Waals surface area contributed by atoms with Gasteiger partial charge in [0.05, 0.1) is 36.8 Å². The van der Waals surface area contributed by atoms with Gasteiger partial charge in [-0.05, 0) is 30.9 Å². The molecule has 0 aliphatic carbocycles. The lowest BCUT2D eigenvalue weighted by Crippen LogP contribution is -2.51. The molecule has 2 atom stereocenters. The number of likely N-dealkylation sites (tertiary alicyclic amines) is 1. The predicted molar refractivity (Wildman–Crippen MR) is 121 cm³/mol. The van der Waals surface area contributed by atoms with Gasteiger partial charge < -0.3 is 19.1 Å². The van der Waals surface area contributed by atoms with Crippen LogP contribution in [0.3, 0.4) is 0 Å². The molecule has 2 aliphatic heterocycles. The van der Waals surface area contributed by atoms with Crippen LogP contribution in [0.4, 0.5) is 10.5 Å². The normalized spacial score (nSPS) is 20.1. The molecule has 0 radical (unpaired) electrons. The van der Waals surface area contributed by atoms with Crippen molar-refractivity contribution >= 4 is 23.8 Å². The Morgan fingerprint density at radius 1 is 1.27 bits per heavy atom. The number of amides is 2. The molecule has 2 fully saturated rings. The summed E-state index contributed by atoms with van der Waals surface area (Å²) in [5, 5.41) is 11.5. The highest BCUT2D eigenvalue weighted by Crippen LogP contribution is 2.35. The molecular formula is C23H31N3O7. The summed E-state index contributed by atoms with van der Waals surface area (Å²) in [5.74, 6) is 0.687. The van der Waals surface area contributed by atoms with Crippen molar-refractivity contribution in [3.8, 4) is 11.5 Å². The monoisotopic (exact) mass is 461 g/mol. The van der Waals surface area contributed by atoms with E-state index < -0.39 is 4.92 Å². The van der Waals surface area contributed by atoms with Crippen LogP contribution in [0, 0.1) is 16.0 Å². The Hall–Kier alpha value is -3.30. The molecule has 2 unspecified atom stereocenters. The van der Waals surface area contributed by atoms with Crippen molar-refractivity contribution in [2.24, 2.45) is 5.92 Å². The number of piperidine rings is 1. The number of nitro benzene ring substituents is 1. The average molecular weight is 462 g/mol. The molecule has 10 heteroatoms. The fourth-order valence-corrected chi connectivity index (χ4v) is 4.38. The van der Waals surface area contributed by atoms with Crippen molar-refractivity contribution in [2.45, 2.75) is 45.2 Å². The van der Waals surface area contributed by atoms with Gasteiger partial charge in [-0.3, -0.25) is 19.8 Å². The zero-order chi connectivity index (χ0) is 24.1. The first-order valence-electron chi connectivity index (χ1n) is 11.1. The maximum atomic E-state index is 12.7. The third kappa shape index (κ3) is 5.20. The van der Waals surface area contributed by atoms with Crippen LogP contribution < -0.4 is 9.47 Å². The highest BCUT2D eigenvalue weighted by atomic mass is 16.6. The number of hydrogen-bond donors (Lipinski definition) is 0. The van der Waals surface area contributed by atoms with Gasteiger partial charge in [0.15, 0.2) is 11.5 Å². The summed E-state index contributed by atoms with van der Waals surface area (Å²) < 4.78 is 15.6. The molecule has 180 valence electrons. The molecule has 10 nitrogen and oxygen atoms in total. The van der Waals surface area contributed by atoms with E-state index >= 15 is 0 Å². The standard InChI is InChI=1S/C23H31N3O7/c1-5-15(2)19-14-33-23(28)25(19)17-8-10-24(11-9-17)22(27)7-6-16-12-20(31-3)21(32-4)13-18(16)26(29)30/h6-7,12-13,15,17,19H,5,8-11,14H2,1-4H3. The summed E-state index contributed by atoms with van der Waals surface area (Å²) in [4.78, 5) is 39.5. The number of hydrogen-bond acceptors (Lipinski definition) is 7. The first kappa shape index (κ1) is 24.3. The van der Waals surface area contributed by atoms with E-state index in [1.807, 2.05) is 4.90 Å². The van der Waals surface area contributed by atoms with Gasteiger partial charge in [-0.15, -0.1) is 0 Å². The summed E-state index contributed by atoms with van der Waals surface area (Å²) in [5.41, 5.74) is 0.0659. The molecular weight excluding hydrogens is 430 g/mol. The molecule has 2 aliphatic rings. The number of cyclic esters (lactones) is 1. The zero-order valence-corrected chi connectivity index (χ0v) is 19.5. The Morgan fingerprint density at radius 2 is 1.91 bits per heavy atom. The first-order chi connectivity index (χ1) is 15.8. The molecule has 33 heavy (non-hydrogen) atoms. The van der Waals surface area contributed by atoms with Crippen LogP contribution in [0.5, 0.6) is 11.5 Å². The van der Waals surface area contributed by atoms with Crippen molar-refractivity contribution in [3.63, 3.8) is 0 Å². The second kappa shape index (κ2) is 10.5. The van der Waals surface area contributed by atoms with Gasteiger partial charge in [0.25, 0.3) is 5.69 Å². The maximum absolute atomic E-state index is 12.7. The van der Waals surface area contributed by atoms with Crippen LogP contribution in [0.15, 0.2) is 18.2 Å². The lowest BCUT2D eigenvalue weighted by Gasteiger charge is -2.38. The predicted octanol–water partition coefficient (Wildman–Crippen LogP) is 3.48. The lowest BCUT2D eigenvalue weighted by molar-refractivity contribution is -0.385. The fraction of sp³-hybridized carbons (Fsp3) is 0.565. The van der Waals surface area contributed by atoms with E-state index in [1.165, 1.54) is 38.5 Å². The average Bonchev–Trinajstić information content (AvgIpc) is 3.22. The van der Waals surface area contributed by atoms with Crippen molar-refractivity contribution in [1.82, 2.24) is 9.80 Å². The van der Waals surface area contributed by atoms with E-state index in [4.69, 9.17) is 14.2 Å². The third-order valence-electron chi connectivity index (χ3n) is 6.55. The number of ether oxygens (including phenoxy) is 3. The first-order valence-corrected chi connectivity index (χ1v) is 11.1. The summed E-state index contributed by atoms with van der Waals surface area (Å²) in [6.45, 7) is 5.63. The molecule has 0 aromatic heterocycles. The number of nitro groups is 1. The number of carbonyl (C=O) groups excluding carboxylic acids is 2. The van der Waals surface area contributed by atoms with Crippen LogP contribution >= 0.6 is 0 Å². The molecule has 0 N–H and O–H groups in total. The summed E-state index contributed by atoms with van der Waals surface area (Å²) in [7, 11) is 2.84. The van der Waals surface area contributed by atoms with Crippen LogP contribution in [0.1, 0.15) is 38.7 Å². The molecule has 3 rings (SSSR count). The molecule has 0 spiro atoms. The lowest BCUT2D eigenvalue weighted by atomic mass is 9.95. The van der Waals surface area contributed by atoms with Gasteiger partial charge in [-0.2, -0.15) is 0 Å². The van der Waals surface area contributed by atoms with E-state index in [-0.39, 0.29) is 41.1 Å². The van der Waals surface area contributed by atoms with E-state index in [9.17, 15) is 19.7 Å². The Kier molecular flexibility index (Phi) is 7.78. The van der Waals surface area contributed by atoms with Crippen molar-refractivity contribution in [3.05, 3.63) is 33.9 Å². The molecule has 0 bridgehead atoms. The van der Waals surface area contributed by atoms with Gasteiger partial charge in [-0.25, -0.2) is 4.79 Å². The Labute approximate surface area is 193 Å². The van der Waals surface area contributed by atoms with E-state index in [2.05, 4.69) is 13.8 Å². The van der Waals surface area contributed by atoms with E-state index in [0.717, 1.165) is 6.42 Å². The molecule has 1 aromatic rings. The third-order valence-corrected chi connectivity index (χ3v) is 6.55. The quantitative estimate of drug-likeness (QED) is 0.331. The Balaban J connectivity index is 1.67. The Morgan fingerprint density at radius 3 is 2.48 bits per heavy atom. The summed E-state index contributed by atoms with van der Waals surface area (Å²) >= 11 is 0. The number of carbonyl (C=O) groups is 2. The smallest absolute Gasteiger partial charge is 0.410 e. The van der Waals surface area contributed by atoms with Gasteiger partial charge in [0, 0.05) is 25.2 Å².